The quantitative estimate of drug-likeness (QED) is 0.216. The molecule has 10 nitrogen and oxygen atoms in total. The maximum atomic E-state index is 13.5. The minimum absolute atomic E-state index is 0. The lowest BCUT2D eigenvalue weighted by atomic mass is 9.99. The molecule has 1 saturated heterocycles. The predicted octanol–water partition coefficient (Wildman–Crippen LogP) is 5.20. The second-order valence-corrected chi connectivity index (χ2v) is 11.1. The molecule has 0 bridgehead atoms. The molecule has 2 heterocycles. The van der Waals surface area contributed by atoms with Crippen LogP contribution in [0.4, 0.5) is 23.0 Å². The van der Waals surface area contributed by atoms with Gasteiger partial charge in [0.15, 0.2) is 11.6 Å². The highest BCUT2D eigenvalue weighted by atomic mass is 35.5. The fourth-order valence-electron chi connectivity index (χ4n) is 4.26. The van der Waals surface area contributed by atoms with Gasteiger partial charge in [-0.3, -0.25) is 9.52 Å². The topological polar surface area (TPSA) is 134 Å². The Labute approximate surface area is 243 Å². The number of carbonyl (C=O) groups excluding carboxylic acids is 1. The molecular formula is C27H28Cl2N6O4S. The van der Waals surface area contributed by atoms with E-state index in [0.717, 1.165) is 19.4 Å². The summed E-state index contributed by atoms with van der Waals surface area (Å²) in [5.74, 6) is 0.381. The molecule has 5 rings (SSSR count). The first-order valence-electron chi connectivity index (χ1n) is 12.3. The largest absolute Gasteiger partial charge is 0.497 e. The molecule has 1 aliphatic heterocycles. The predicted molar refractivity (Wildman–Crippen MR) is 160 cm³/mol. The van der Waals surface area contributed by atoms with Crippen molar-refractivity contribution in [1.82, 2.24) is 15.3 Å². The first-order valence-corrected chi connectivity index (χ1v) is 14.2. The Kier molecular flexibility index (Phi) is 9.31. The van der Waals surface area contributed by atoms with Gasteiger partial charge in [0.25, 0.3) is 10.0 Å². The second-order valence-electron chi connectivity index (χ2n) is 9.05. The van der Waals surface area contributed by atoms with E-state index in [2.05, 4.69) is 30.6 Å². The van der Waals surface area contributed by atoms with Gasteiger partial charge >= 0.3 is 0 Å². The first kappa shape index (κ1) is 29.3. The number of nitrogens with one attached hydrogen (secondary N) is 4. The number of rotatable bonds is 8. The molecule has 1 aliphatic rings. The number of piperidine rings is 1. The van der Waals surface area contributed by atoms with E-state index in [9.17, 15) is 13.2 Å². The van der Waals surface area contributed by atoms with Crippen LogP contribution in [0, 0.1) is 5.92 Å². The van der Waals surface area contributed by atoms with E-state index >= 15 is 0 Å². The standard InChI is InChI=1S/C27H27ClN6O4S.ClH/c1-38-19-11-12-21(28)24(15-19)33-25-26(32-23-10-3-2-9-22(23)31-25)34-39(36,37)20-8-4-7-18(14-20)30-27(35)17-6-5-13-29-16-17;/h2-4,7-12,14-15,17,29H,5-6,13,16H2,1H3,(H,30,35)(H,31,33)(H,32,34);1H. The number of ether oxygens (including phenoxy) is 1. The van der Waals surface area contributed by atoms with Gasteiger partial charge < -0.3 is 20.7 Å². The summed E-state index contributed by atoms with van der Waals surface area (Å²) in [4.78, 5) is 21.7. The normalized spacial score (nSPS) is 15.1. The smallest absolute Gasteiger partial charge is 0.263 e. The summed E-state index contributed by atoms with van der Waals surface area (Å²) >= 11 is 6.37. The Balaban J connectivity index is 0.00000370. The van der Waals surface area contributed by atoms with Gasteiger partial charge in [0.2, 0.25) is 5.91 Å². The van der Waals surface area contributed by atoms with E-state index in [1.165, 1.54) is 19.2 Å². The molecule has 1 aromatic heterocycles. The van der Waals surface area contributed by atoms with E-state index in [1.807, 2.05) is 6.07 Å². The van der Waals surface area contributed by atoms with Crippen LogP contribution in [0.5, 0.6) is 5.75 Å². The zero-order valence-corrected chi connectivity index (χ0v) is 23.9. The van der Waals surface area contributed by atoms with Crippen LogP contribution in [-0.2, 0) is 14.8 Å². The second kappa shape index (κ2) is 12.7. The number of hydrogen-bond acceptors (Lipinski definition) is 8. The highest BCUT2D eigenvalue weighted by Crippen LogP contribution is 2.33. The molecule has 0 aliphatic carbocycles. The molecule has 40 heavy (non-hydrogen) atoms. The molecule has 4 N–H and O–H groups in total. The minimum atomic E-state index is -4.12. The van der Waals surface area contributed by atoms with Crippen molar-refractivity contribution in [2.75, 3.05) is 35.6 Å². The maximum Gasteiger partial charge on any atom is 0.263 e. The number of methoxy groups -OCH3 is 1. The van der Waals surface area contributed by atoms with Crippen molar-refractivity contribution in [2.45, 2.75) is 17.7 Å². The van der Waals surface area contributed by atoms with Crippen molar-refractivity contribution in [2.24, 2.45) is 5.92 Å². The zero-order valence-electron chi connectivity index (χ0n) is 21.5. The number of nitrogens with zero attached hydrogens (tertiary/aromatic N) is 2. The number of hydrogen-bond donors (Lipinski definition) is 4. The number of aromatic nitrogens is 2. The fraction of sp³-hybridized carbons (Fsp3) is 0.222. The lowest BCUT2D eigenvalue weighted by Crippen LogP contribution is -2.37. The molecule has 1 atom stereocenters. The highest BCUT2D eigenvalue weighted by Gasteiger charge is 2.23. The molecule has 4 aromatic rings. The van der Waals surface area contributed by atoms with Crippen molar-refractivity contribution < 1.29 is 17.9 Å². The van der Waals surface area contributed by atoms with Gasteiger partial charge in [0, 0.05) is 18.3 Å². The van der Waals surface area contributed by atoms with E-state index in [-0.39, 0.29) is 40.8 Å². The summed E-state index contributed by atoms with van der Waals surface area (Å²) in [5, 5.41) is 9.51. The first-order chi connectivity index (χ1) is 18.8. The van der Waals surface area contributed by atoms with Gasteiger partial charge in [0.05, 0.1) is 39.7 Å². The van der Waals surface area contributed by atoms with E-state index < -0.39 is 10.0 Å². The van der Waals surface area contributed by atoms with E-state index in [1.54, 1.807) is 48.5 Å². The van der Waals surface area contributed by atoms with Crippen LogP contribution in [0.25, 0.3) is 11.0 Å². The molecule has 210 valence electrons. The fourth-order valence-corrected chi connectivity index (χ4v) is 5.48. The summed E-state index contributed by atoms with van der Waals surface area (Å²) in [6.45, 7) is 1.49. The third-order valence-electron chi connectivity index (χ3n) is 6.31. The van der Waals surface area contributed by atoms with Crippen LogP contribution < -0.4 is 25.4 Å². The van der Waals surface area contributed by atoms with Gasteiger partial charge in [-0.2, -0.15) is 0 Å². The summed E-state index contributed by atoms with van der Waals surface area (Å²) in [6.07, 6.45) is 1.70. The summed E-state index contributed by atoms with van der Waals surface area (Å²) in [5.41, 5.74) is 1.91. The number of para-hydroxylation sites is 2. The number of fused-ring (bicyclic) bond motifs is 1. The van der Waals surface area contributed by atoms with Gasteiger partial charge in [-0.15, -0.1) is 12.4 Å². The van der Waals surface area contributed by atoms with E-state index in [4.69, 9.17) is 16.3 Å². The Morgan fingerprint density at radius 3 is 2.48 bits per heavy atom. The molecule has 13 heteroatoms. The molecule has 0 saturated carbocycles. The summed E-state index contributed by atoms with van der Waals surface area (Å²) in [7, 11) is -2.58. The van der Waals surface area contributed by atoms with Gasteiger partial charge in [-0.25, -0.2) is 18.4 Å². The van der Waals surface area contributed by atoms with Crippen LogP contribution in [0.2, 0.25) is 5.02 Å². The summed E-state index contributed by atoms with van der Waals surface area (Å²) in [6, 6.07) is 18.2. The van der Waals surface area contributed by atoms with Gasteiger partial charge in [-0.05, 0) is 61.9 Å². The third-order valence-corrected chi connectivity index (χ3v) is 7.97. The average Bonchev–Trinajstić information content (AvgIpc) is 2.95. The number of halogens is 2. The van der Waals surface area contributed by atoms with Crippen molar-refractivity contribution >= 4 is 74.0 Å². The number of sulfonamides is 1. The Morgan fingerprint density at radius 2 is 1.77 bits per heavy atom. The van der Waals surface area contributed by atoms with Crippen LogP contribution in [0.3, 0.4) is 0 Å². The lowest BCUT2D eigenvalue weighted by Gasteiger charge is -2.22. The van der Waals surface area contributed by atoms with Gasteiger partial charge in [0.1, 0.15) is 5.75 Å². The van der Waals surface area contributed by atoms with Crippen molar-refractivity contribution in [3.8, 4) is 5.75 Å². The average molecular weight is 604 g/mol. The lowest BCUT2D eigenvalue weighted by molar-refractivity contribution is -0.120. The Hall–Kier alpha value is -3.64. The third kappa shape index (κ3) is 6.73. The van der Waals surface area contributed by atoms with Crippen LogP contribution in [0.15, 0.2) is 71.6 Å². The van der Waals surface area contributed by atoms with Crippen molar-refractivity contribution in [3.63, 3.8) is 0 Å². The number of benzene rings is 3. The molecule has 1 amide bonds. The van der Waals surface area contributed by atoms with Crippen LogP contribution in [-0.4, -0.2) is 44.5 Å². The monoisotopic (exact) mass is 602 g/mol. The zero-order chi connectivity index (χ0) is 27.4. The SMILES string of the molecule is COc1ccc(Cl)c(Nc2nc3ccccc3nc2NS(=O)(=O)c2cccc(NC(=O)C3CCCNC3)c2)c1.Cl. The van der Waals surface area contributed by atoms with Crippen LogP contribution in [0.1, 0.15) is 12.8 Å². The van der Waals surface area contributed by atoms with Crippen molar-refractivity contribution in [3.05, 3.63) is 71.8 Å². The molecule has 0 radical (unpaired) electrons. The molecule has 1 fully saturated rings. The molecule has 0 spiro atoms. The number of anilines is 4. The summed E-state index contributed by atoms with van der Waals surface area (Å²) < 4.78 is 34.8. The minimum Gasteiger partial charge on any atom is -0.497 e. The Bertz CT molecular complexity index is 1630. The van der Waals surface area contributed by atoms with Crippen molar-refractivity contribution in [1.29, 1.82) is 0 Å². The maximum absolute atomic E-state index is 13.5. The number of amides is 1. The Morgan fingerprint density at radius 1 is 1.02 bits per heavy atom. The van der Waals surface area contributed by atoms with E-state index in [0.29, 0.717) is 39.7 Å². The number of carbonyl (C=O) groups is 1. The highest BCUT2D eigenvalue weighted by molar-refractivity contribution is 7.92. The molecule has 1 unspecified atom stereocenters. The van der Waals surface area contributed by atoms with Gasteiger partial charge in [-0.1, -0.05) is 29.8 Å². The molecular weight excluding hydrogens is 575 g/mol. The molecule has 3 aromatic carbocycles. The van der Waals surface area contributed by atoms with Crippen LogP contribution >= 0.6 is 24.0 Å².